The summed E-state index contributed by atoms with van der Waals surface area (Å²) < 4.78 is 5.69. The van der Waals surface area contributed by atoms with Gasteiger partial charge < -0.3 is 14.5 Å². The zero-order valence-electron chi connectivity index (χ0n) is 18.2. The molecule has 0 bridgehead atoms. The van der Waals surface area contributed by atoms with Gasteiger partial charge in [-0.1, -0.05) is 12.1 Å². The fourth-order valence-electron chi connectivity index (χ4n) is 4.80. The predicted molar refractivity (Wildman–Crippen MR) is 117 cm³/mol. The van der Waals surface area contributed by atoms with Crippen LogP contribution >= 0.6 is 0 Å². The largest absolute Gasteiger partial charge is 0.501 e. The number of non-ortho nitro benzene ring substituents is 1. The molecule has 0 saturated carbocycles. The third-order valence-corrected chi connectivity index (χ3v) is 6.63. The first-order valence-electron chi connectivity index (χ1n) is 10.9. The number of hydrogen-bond acceptors (Lipinski definition) is 6. The first kappa shape index (κ1) is 21.5. The first-order chi connectivity index (χ1) is 15.0. The molecular formula is C23H30N4O4. The zero-order valence-corrected chi connectivity index (χ0v) is 18.2. The smallest absolute Gasteiger partial charge is 0.269 e. The minimum atomic E-state index is -0.427. The van der Waals surface area contributed by atoms with E-state index in [1.807, 2.05) is 11.1 Å². The number of amides is 1. The Bertz CT molecular complexity index is 901. The molecule has 0 N–H and O–H groups in total. The van der Waals surface area contributed by atoms with E-state index in [-0.39, 0.29) is 18.0 Å². The maximum Gasteiger partial charge on any atom is 0.269 e. The third kappa shape index (κ3) is 4.65. The van der Waals surface area contributed by atoms with Crippen LogP contribution in [0.2, 0.25) is 0 Å². The molecule has 2 heterocycles. The molecule has 1 amide bonds. The molecule has 1 aromatic rings. The average molecular weight is 427 g/mol. The van der Waals surface area contributed by atoms with Crippen molar-refractivity contribution < 1.29 is 14.5 Å². The Hall–Kier alpha value is -2.71. The number of allylic oxidation sites excluding steroid dienone is 1. The van der Waals surface area contributed by atoms with Crippen molar-refractivity contribution in [3.8, 4) is 0 Å². The van der Waals surface area contributed by atoms with Crippen molar-refractivity contribution in [1.29, 1.82) is 0 Å². The molecule has 0 radical (unpaired) electrons. The average Bonchev–Trinajstić information content (AvgIpc) is 2.79. The Morgan fingerprint density at radius 1 is 1.13 bits per heavy atom. The van der Waals surface area contributed by atoms with E-state index in [2.05, 4.69) is 16.8 Å². The fourth-order valence-corrected chi connectivity index (χ4v) is 4.80. The van der Waals surface area contributed by atoms with Crippen LogP contribution in [0.5, 0.6) is 0 Å². The van der Waals surface area contributed by atoms with Crippen LogP contribution in [0, 0.1) is 10.1 Å². The van der Waals surface area contributed by atoms with E-state index >= 15 is 0 Å². The van der Waals surface area contributed by atoms with E-state index in [9.17, 15) is 14.9 Å². The Morgan fingerprint density at radius 2 is 1.84 bits per heavy atom. The zero-order chi connectivity index (χ0) is 22.0. The molecule has 31 heavy (non-hydrogen) atoms. The molecule has 1 unspecified atom stereocenters. The number of carbonyl (C=O) groups excluding carboxylic acids is 1. The predicted octanol–water partition coefficient (Wildman–Crippen LogP) is 2.56. The van der Waals surface area contributed by atoms with Gasteiger partial charge in [0.1, 0.15) is 0 Å². The number of benzene rings is 1. The summed E-state index contributed by atoms with van der Waals surface area (Å²) in [4.78, 5) is 30.2. The second-order valence-corrected chi connectivity index (χ2v) is 8.52. The normalized spacial score (nSPS) is 22.7. The van der Waals surface area contributed by atoms with E-state index in [0.29, 0.717) is 12.6 Å². The summed E-state index contributed by atoms with van der Waals surface area (Å²) in [6.07, 6.45) is 5.01. The van der Waals surface area contributed by atoms with Gasteiger partial charge in [-0.25, -0.2) is 0 Å². The highest BCUT2D eigenvalue weighted by Crippen LogP contribution is 2.38. The van der Waals surface area contributed by atoms with Crippen molar-refractivity contribution in [1.82, 2.24) is 14.7 Å². The maximum absolute atomic E-state index is 13.0. The van der Waals surface area contributed by atoms with Crippen LogP contribution in [0.4, 0.5) is 5.69 Å². The Balaban J connectivity index is 1.53. The lowest BCUT2D eigenvalue weighted by Crippen LogP contribution is -2.51. The SMILES string of the molecule is COC1=C2CCN(C(=O)Cc3ccc([N+](=O)[O-])cc3)C=C2C(N2CCN(C)CC2)CC1. The highest BCUT2D eigenvalue weighted by atomic mass is 16.6. The number of nitro benzene ring substituents is 1. The lowest BCUT2D eigenvalue weighted by molar-refractivity contribution is -0.384. The number of rotatable bonds is 5. The van der Waals surface area contributed by atoms with Crippen LogP contribution in [0.1, 0.15) is 24.8 Å². The molecule has 3 aliphatic rings. The van der Waals surface area contributed by atoms with Crippen molar-refractivity contribution in [2.45, 2.75) is 31.7 Å². The van der Waals surface area contributed by atoms with Crippen molar-refractivity contribution in [2.24, 2.45) is 0 Å². The lowest BCUT2D eigenvalue weighted by atomic mass is 9.83. The monoisotopic (exact) mass is 426 g/mol. The van der Waals surface area contributed by atoms with E-state index in [4.69, 9.17) is 4.74 Å². The van der Waals surface area contributed by atoms with Gasteiger partial charge >= 0.3 is 0 Å². The molecule has 1 saturated heterocycles. The standard InChI is InChI=1S/C23H30N4O4/c1-24-11-13-25(14-12-24)21-7-8-22(31-2)19-9-10-26(16-20(19)21)23(28)15-17-3-5-18(6-4-17)27(29)30/h3-6,16,21H,7-15H2,1-2H3. The third-order valence-electron chi connectivity index (χ3n) is 6.63. The molecule has 1 aromatic carbocycles. The van der Waals surface area contributed by atoms with Crippen LogP contribution in [0.3, 0.4) is 0 Å². The minimum absolute atomic E-state index is 0.0158. The topological polar surface area (TPSA) is 79.2 Å². The first-order valence-corrected chi connectivity index (χ1v) is 10.9. The highest BCUT2D eigenvalue weighted by Gasteiger charge is 2.35. The molecule has 166 valence electrons. The van der Waals surface area contributed by atoms with Crippen LogP contribution in [0.25, 0.3) is 0 Å². The Kier molecular flexibility index (Phi) is 6.38. The number of nitrogens with zero attached hydrogens (tertiary/aromatic N) is 4. The lowest BCUT2D eigenvalue weighted by Gasteiger charge is -2.43. The molecule has 1 aliphatic carbocycles. The number of fused-ring (bicyclic) bond motifs is 1. The second-order valence-electron chi connectivity index (χ2n) is 8.52. The summed E-state index contributed by atoms with van der Waals surface area (Å²) in [6.45, 7) is 4.81. The number of hydrogen-bond donors (Lipinski definition) is 0. The highest BCUT2D eigenvalue weighted by molar-refractivity contribution is 5.80. The van der Waals surface area contributed by atoms with Crippen LogP contribution < -0.4 is 0 Å². The summed E-state index contributed by atoms with van der Waals surface area (Å²) in [7, 11) is 3.90. The van der Waals surface area contributed by atoms with Crippen molar-refractivity contribution in [3.05, 3.63) is 63.0 Å². The number of ether oxygens (including phenoxy) is 1. The second kappa shape index (κ2) is 9.20. The molecule has 0 aromatic heterocycles. The van der Waals surface area contributed by atoms with Crippen molar-refractivity contribution in [3.63, 3.8) is 0 Å². The van der Waals surface area contributed by atoms with Gasteiger partial charge in [-0.15, -0.1) is 0 Å². The molecule has 1 fully saturated rings. The van der Waals surface area contributed by atoms with E-state index in [1.165, 1.54) is 23.3 Å². The van der Waals surface area contributed by atoms with E-state index < -0.39 is 4.92 Å². The molecule has 1 atom stereocenters. The maximum atomic E-state index is 13.0. The van der Waals surface area contributed by atoms with E-state index in [0.717, 1.165) is 56.8 Å². The van der Waals surface area contributed by atoms with Gasteiger partial charge in [0.05, 0.1) is 24.2 Å². The number of likely N-dealkylation sites (N-methyl/N-ethyl adjacent to an activating group) is 1. The van der Waals surface area contributed by atoms with Crippen LogP contribution in [-0.2, 0) is 16.0 Å². The quantitative estimate of drug-likeness (QED) is 0.532. The van der Waals surface area contributed by atoms with E-state index in [1.54, 1.807) is 19.2 Å². The summed E-state index contributed by atoms with van der Waals surface area (Å²) in [5.41, 5.74) is 3.30. The van der Waals surface area contributed by atoms with Gasteiger partial charge in [0.2, 0.25) is 5.91 Å². The van der Waals surface area contributed by atoms with Crippen molar-refractivity contribution in [2.75, 3.05) is 46.9 Å². The molecule has 8 heteroatoms. The molecule has 4 rings (SSSR count). The van der Waals surface area contributed by atoms with Gasteiger partial charge in [0.25, 0.3) is 5.69 Å². The number of nitro groups is 1. The van der Waals surface area contributed by atoms with Gasteiger partial charge in [-0.3, -0.25) is 19.8 Å². The Labute approximate surface area is 182 Å². The molecule has 2 aliphatic heterocycles. The number of carbonyl (C=O) groups is 1. The summed E-state index contributed by atoms with van der Waals surface area (Å²) >= 11 is 0. The number of methoxy groups -OCH3 is 1. The van der Waals surface area contributed by atoms with Gasteiger partial charge in [-0.05, 0) is 36.6 Å². The Morgan fingerprint density at radius 3 is 2.48 bits per heavy atom. The van der Waals surface area contributed by atoms with Gasteiger partial charge in [0, 0.05) is 63.5 Å². The van der Waals surface area contributed by atoms with Crippen molar-refractivity contribution >= 4 is 11.6 Å². The molecular weight excluding hydrogens is 396 g/mol. The van der Waals surface area contributed by atoms with Crippen LogP contribution in [-0.4, -0.2) is 78.5 Å². The molecule has 8 nitrogen and oxygen atoms in total. The minimum Gasteiger partial charge on any atom is -0.501 e. The van der Waals surface area contributed by atoms with Gasteiger partial charge in [0.15, 0.2) is 0 Å². The summed E-state index contributed by atoms with van der Waals surface area (Å²) in [5, 5.41) is 10.8. The number of piperazine rings is 1. The summed E-state index contributed by atoms with van der Waals surface area (Å²) in [6, 6.07) is 6.54. The molecule has 0 spiro atoms. The van der Waals surface area contributed by atoms with Crippen LogP contribution in [0.15, 0.2) is 47.4 Å². The summed E-state index contributed by atoms with van der Waals surface area (Å²) in [5.74, 6) is 1.07. The van der Waals surface area contributed by atoms with Gasteiger partial charge in [-0.2, -0.15) is 0 Å². The fraction of sp³-hybridized carbons (Fsp3) is 0.522.